The van der Waals surface area contributed by atoms with Crippen molar-refractivity contribution in [2.45, 2.75) is 86.8 Å². The van der Waals surface area contributed by atoms with Crippen LogP contribution in [0.1, 0.15) is 87.9 Å². The van der Waals surface area contributed by atoms with Gasteiger partial charge in [0, 0.05) is 21.2 Å². The number of rotatable bonds is 18. The molecule has 0 aliphatic rings. The van der Waals surface area contributed by atoms with Gasteiger partial charge in [-0.15, -0.1) is 11.8 Å². The number of esters is 1. The van der Waals surface area contributed by atoms with Crippen LogP contribution in [0.5, 0.6) is 0 Å². The summed E-state index contributed by atoms with van der Waals surface area (Å²) in [6.45, 7) is 2.04. The summed E-state index contributed by atoms with van der Waals surface area (Å²) in [4.78, 5) is 25.2. The van der Waals surface area contributed by atoms with Crippen LogP contribution >= 0.6 is 46.6 Å². The van der Waals surface area contributed by atoms with Crippen LogP contribution in [-0.4, -0.2) is 28.6 Å². The fourth-order valence-electron chi connectivity index (χ4n) is 3.83. The van der Waals surface area contributed by atoms with Gasteiger partial charge in [-0.05, 0) is 80.5 Å². The van der Waals surface area contributed by atoms with E-state index in [1.165, 1.54) is 49.8 Å². The Morgan fingerprint density at radius 3 is 1.92 bits per heavy atom. The zero-order valence-corrected chi connectivity index (χ0v) is 24.7. The lowest BCUT2D eigenvalue weighted by molar-refractivity contribution is -0.144. The molecule has 2 aromatic carbocycles. The topological polar surface area (TPSA) is 55.4 Å². The maximum atomic E-state index is 12.3. The number of amides is 1. The van der Waals surface area contributed by atoms with Crippen LogP contribution in [0.15, 0.2) is 53.4 Å². The van der Waals surface area contributed by atoms with Crippen molar-refractivity contribution in [1.82, 2.24) is 0 Å². The van der Waals surface area contributed by atoms with E-state index < -0.39 is 10.3 Å². The number of carbonyl (C=O) groups excluding carboxylic acids is 2. The molecule has 0 aliphatic carbocycles. The first-order valence-corrected chi connectivity index (χ1v) is 15.3. The molecular formula is C29H38Cl3NO3S. The summed E-state index contributed by atoms with van der Waals surface area (Å²) in [5.41, 5.74) is 1.37. The van der Waals surface area contributed by atoms with Crippen molar-refractivity contribution in [1.29, 1.82) is 0 Å². The van der Waals surface area contributed by atoms with E-state index in [0.29, 0.717) is 23.6 Å². The largest absolute Gasteiger partial charge is 0.464 e. The van der Waals surface area contributed by atoms with Gasteiger partial charge in [-0.3, -0.25) is 4.79 Å². The monoisotopic (exact) mass is 585 g/mol. The minimum absolute atomic E-state index is 0.142. The maximum Gasteiger partial charge on any atom is 0.342 e. The molecule has 204 valence electrons. The first-order chi connectivity index (χ1) is 17.8. The van der Waals surface area contributed by atoms with Gasteiger partial charge in [-0.25, -0.2) is 4.79 Å². The molecule has 0 atom stereocenters. The van der Waals surface area contributed by atoms with Gasteiger partial charge in [-0.1, -0.05) is 86.2 Å². The lowest BCUT2D eigenvalue weighted by Crippen LogP contribution is -2.28. The summed E-state index contributed by atoms with van der Waals surface area (Å²) < 4.78 is 3.49. The third-order valence-electron chi connectivity index (χ3n) is 5.95. The fourth-order valence-corrected chi connectivity index (χ4v) is 5.25. The molecule has 0 heterocycles. The normalized spacial score (nSPS) is 11.4. The van der Waals surface area contributed by atoms with E-state index >= 15 is 0 Å². The molecule has 0 aromatic heterocycles. The summed E-state index contributed by atoms with van der Waals surface area (Å²) in [6.07, 6.45) is 12.2. The Morgan fingerprint density at radius 2 is 1.35 bits per heavy atom. The Morgan fingerprint density at radius 1 is 0.811 bits per heavy atom. The van der Waals surface area contributed by atoms with Crippen LogP contribution < -0.4 is 5.32 Å². The van der Waals surface area contributed by atoms with Crippen molar-refractivity contribution >= 4 is 64.1 Å². The molecule has 1 amide bonds. The first kappa shape index (κ1) is 31.8. The van der Waals surface area contributed by atoms with Gasteiger partial charge >= 0.3 is 5.97 Å². The standard InChI is InChI=1S/C29H38Cl3NO3S/c1-2-36-28(35)29(31,32)21-11-9-7-5-3-4-6-8-10-12-22-37-26-19-17-25(18-20-26)33-27(34)23-13-15-24(30)16-14-23/h13-20H,2-12,21-22H2,1H3,(H,33,34). The van der Waals surface area contributed by atoms with Crippen LogP contribution in [0.3, 0.4) is 0 Å². The van der Waals surface area contributed by atoms with Crippen molar-refractivity contribution in [3.8, 4) is 0 Å². The Balaban J connectivity index is 1.44. The van der Waals surface area contributed by atoms with Crippen molar-refractivity contribution in [2.24, 2.45) is 0 Å². The molecular weight excluding hydrogens is 549 g/mol. The average Bonchev–Trinajstić information content (AvgIpc) is 2.88. The molecule has 0 saturated heterocycles. The second kappa shape index (κ2) is 18.0. The second-order valence-electron chi connectivity index (χ2n) is 9.04. The second-order valence-corrected chi connectivity index (χ2v) is 12.1. The molecule has 0 unspecified atom stereocenters. The van der Waals surface area contributed by atoms with Gasteiger partial charge in [-0.2, -0.15) is 0 Å². The molecule has 0 saturated carbocycles. The van der Waals surface area contributed by atoms with Crippen LogP contribution in [0.25, 0.3) is 0 Å². The smallest absolute Gasteiger partial charge is 0.342 e. The van der Waals surface area contributed by atoms with Crippen molar-refractivity contribution < 1.29 is 14.3 Å². The minimum atomic E-state index is -1.41. The number of anilines is 1. The highest BCUT2D eigenvalue weighted by molar-refractivity contribution is 7.99. The summed E-state index contributed by atoms with van der Waals surface area (Å²) in [5, 5.41) is 3.53. The van der Waals surface area contributed by atoms with Crippen molar-refractivity contribution in [3.05, 3.63) is 59.1 Å². The molecule has 0 aliphatic heterocycles. The number of halogens is 3. The fraction of sp³-hybridized carbons (Fsp3) is 0.517. The molecule has 0 radical (unpaired) electrons. The van der Waals surface area contributed by atoms with E-state index in [1.807, 2.05) is 23.9 Å². The van der Waals surface area contributed by atoms with E-state index in [9.17, 15) is 9.59 Å². The average molecular weight is 587 g/mol. The quantitative estimate of drug-likeness (QED) is 0.0817. The summed E-state index contributed by atoms with van der Waals surface area (Å²) in [5.74, 6) is 0.424. The number of unbranched alkanes of at least 4 members (excludes halogenated alkanes) is 9. The van der Waals surface area contributed by atoms with Crippen LogP contribution in [0.2, 0.25) is 5.02 Å². The summed E-state index contributed by atoms with van der Waals surface area (Å²) >= 11 is 19.8. The van der Waals surface area contributed by atoms with Gasteiger partial charge in [0.1, 0.15) is 0 Å². The third kappa shape index (κ3) is 13.3. The molecule has 0 bridgehead atoms. The number of hydrogen-bond acceptors (Lipinski definition) is 4. The Labute approximate surface area is 241 Å². The molecule has 2 aromatic rings. The minimum Gasteiger partial charge on any atom is -0.464 e. The summed E-state index contributed by atoms with van der Waals surface area (Å²) in [7, 11) is 0. The van der Waals surface area contributed by atoms with Crippen LogP contribution in [0, 0.1) is 0 Å². The van der Waals surface area contributed by atoms with Gasteiger partial charge < -0.3 is 10.1 Å². The molecule has 37 heavy (non-hydrogen) atoms. The number of nitrogens with one attached hydrogen (secondary N) is 1. The Hall–Kier alpha value is -1.40. The van der Waals surface area contributed by atoms with E-state index in [0.717, 1.165) is 30.7 Å². The molecule has 1 N–H and O–H groups in total. The van der Waals surface area contributed by atoms with Crippen LogP contribution in [-0.2, 0) is 9.53 Å². The number of thioether (sulfide) groups is 1. The van der Waals surface area contributed by atoms with E-state index in [1.54, 1.807) is 31.2 Å². The highest BCUT2D eigenvalue weighted by Crippen LogP contribution is 2.30. The van der Waals surface area contributed by atoms with E-state index in [2.05, 4.69) is 17.4 Å². The molecule has 2 rings (SSSR count). The van der Waals surface area contributed by atoms with Crippen molar-refractivity contribution in [3.63, 3.8) is 0 Å². The SMILES string of the molecule is CCOC(=O)C(Cl)(Cl)CCCCCCCCCCCCSc1ccc(NC(=O)c2ccc(Cl)cc2)cc1. The number of ether oxygens (including phenoxy) is 1. The van der Waals surface area contributed by atoms with Gasteiger partial charge in [0.25, 0.3) is 5.91 Å². The van der Waals surface area contributed by atoms with Crippen molar-refractivity contribution in [2.75, 3.05) is 17.7 Å². The number of alkyl halides is 2. The molecule has 8 heteroatoms. The van der Waals surface area contributed by atoms with Gasteiger partial charge in [0.05, 0.1) is 6.61 Å². The predicted molar refractivity (Wildman–Crippen MR) is 158 cm³/mol. The number of hydrogen-bond donors (Lipinski definition) is 1. The highest BCUT2D eigenvalue weighted by Gasteiger charge is 2.34. The Bertz CT molecular complexity index is 936. The number of carbonyl (C=O) groups is 2. The Kier molecular flexibility index (Phi) is 15.5. The zero-order chi connectivity index (χ0) is 26.9. The highest BCUT2D eigenvalue weighted by atomic mass is 35.5. The van der Waals surface area contributed by atoms with Gasteiger partial charge in [0.15, 0.2) is 0 Å². The zero-order valence-electron chi connectivity index (χ0n) is 21.6. The van der Waals surface area contributed by atoms with E-state index in [-0.39, 0.29) is 5.91 Å². The predicted octanol–water partition coefficient (Wildman–Crippen LogP) is 9.71. The lowest BCUT2D eigenvalue weighted by Gasteiger charge is -2.17. The first-order valence-electron chi connectivity index (χ1n) is 13.2. The molecule has 0 fully saturated rings. The van der Waals surface area contributed by atoms with E-state index in [4.69, 9.17) is 39.5 Å². The molecule has 0 spiro atoms. The third-order valence-corrected chi connectivity index (χ3v) is 7.98. The van der Waals surface area contributed by atoms with Crippen LogP contribution in [0.4, 0.5) is 5.69 Å². The molecule has 4 nitrogen and oxygen atoms in total. The summed E-state index contributed by atoms with van der Waals surface area (Å²) in [6, 6.07) is 14.8. The lowest BCUT2D eigenvalue weighted by atomic mass is 10.1. The van der Waals surface area contributed by atoms with Gasteiger partial charge in [0.2, 0.25) is 4.33 Å². The number of benzene rings is 2. The maximum absolute atomic E-state index is 12.3.